The van der Waals surface area contributed by atoms with E-state index in [2.05, 4.69) is 30.9 Å². The zero-order valence-corrected chi connectivity index (χ0v) is 20.6. The van der Waals surface area contributed by atoms with Crippen LogP contribution in [0.15, 0.2) is 102 Å². The van der Waals surface area contributed by atoms with E-state index >= 15 is 0 Å². The molecular weight excluding hydrogens is 530 g/mol. The first-order chi connectivity index (χ1) is 17.5. The predicted molar refractivity (Wildman–Crippen MR) is 135 cm³/mol. The van der Waals surface area contributed by atoms with Crippen LogP contribution in [0.25, 0.3) is 16.8 Å². The van der Waals surface area contributed by atoms with E-state index < -0.39 is 11.6 Å². The maximum Gasteiger partial charge on any atom is 0.212 e. The summed E-state index contributed by atoms with van der Waals surface area (Å²) in [5, 5.41) is 0. The molecule has 0 amide bonds. The van der Waals surface area contributed by atoms with Crippen molar-refractivity contribution < 1.29 is 18.3 Å². The van der Waals surface area contributed by atoms with Crippen molar-refractivity contribution in [2.24, 2.45) is 0 Å². The van der Waals surface area contributed by atoms with Crippen molar-refractivity contribution in [3.8, 4) is 22.6 Å². The molecule has 6 nitrogen and oxygen atoms in total. The van der Waals surface area contributed by atoms with E-state index in [0.29, 0.717) is 15.9 Å². The maximum atomic E-state index is 14.0. The van der Waals surface area contributed by atoms with Crippen LogP contribution in [0.5, 0.6) is 5.75 Å². The van der Waals surface area contributed by atoms with Gasteiger partial charge in [-0.05, 0) is 70.0 Å². The number of ketones is 1. The molecule has 2 heterocycles. The van der Waals surface area contributed by atoms with Crippen LogP contribution in [-0.4, -0.2) is 32.4 Å². The van der Waals surface area contributed by atoms with Gasteiger partial charge in [-0.25, -0.2) is 23.7 Å². The van der Waals surface area contributed by atoms with Crippen LogP contribution in [0.2, 0.25) is 0 Å². The molecule has 0 aliphatic heterocycles. The van der Waals surface area contributed by atoms with Gasteiger partial charge in [0.25, 0.3) is 0 Å². The zero-order chi connectivity index (χ0) is 25.5. The Balaban J connectivity index is 0.000000375. The number of carbonyl (C=O) groups is 1. The van der Waals surface area contributed by atoms with Crippen LogP contribution in [0.4, 0.5) is 8.78 Å². The Morgan fingerprint density at radius 1 is 0.917 bits per heavy atom. The van der Waals surface area contributed by atoms with Crippen molar-refractivity contribution in [1.29, 1.82) is 0 Å². The fourth-order valence-electron chi connectivity index (χ4n) is 3.39. The lowest BCUT2D eigenvalue weighted by atomic mass is 10.0. The summed E-state index contributed by atoms with van der Waals surface area (Å²) >= 11 is 3.09. The molecule has 36 heavy (non-hydrogen) atoms. The number of nitrogens with zero attached hydrogens (tertiary/aromatic N) is 4. The molecule has 2 aromatic heterocycles. The van der Waals surface area contributed by atoms with Gasteiger partial charge in [-0.2, -0.15) is 0 Å². The van der Waals surface area contributed by atoms with Crippen molar-refractivity contribution in [2.75, 3.05) is 7.11 Å². The number of imidazole rings is 1. The lowest BCUT2D eigenvalue weighted by Gasteiger charge is -2.11. The number of aromatic nitrogens is 4. The van der Waals surface area contributed by atoms with E-state index in [0.717, 1.165) is 11.3 Å². The summed E-state index contributed by atoms with van der Waals surface area (Å²) in [6, 6.07) is 19.2. The van der Waals surface area contributed by atoms with Crippen LogP contribution in [0, 0.1) is 11.6 Å². The van der Waals surface area contributed by atoms with Gasteiger partial charge < -0.3 is 9.30 Å². The van der Waals surface area contributed by atoms with Crippen LogP contribution >= 0.6 is 15.9 Å². The number of hydrogen-bond donors (Lipinski definition) is 0. The van der Waals surface area contributed by atoms with Crippen molar-refractivity contribution >= 4 is 21.7 Å². The maximum absolute atomic E-state index is 14.0. The number of halogens is 3. The number of methoxy groups -OCH3 is 1. The fraction of sp³-hybridized carbons (Fsp3) is 0.0370. The molecule has 0 unspecified atom stereocenters. The van der Waals surface area contributed by atoms with Gasteiger partial charge in [0.15, 0.2) is 16.3 Å². The molecule has 0 radical (unpaired) electrons. The summed E-state index contributed by atoms with van der Waals surface area (Å²) in [5.41, 5.74) is 2.73. The number of para-hydroxylation sites is 1. The number of ether oxygens (including phenoxy) is 1. The van der Waals surface area contributed by atoms with Gasteiger partial charge in [-0.3, -0.25) is 4.79 Å². The number of carbonyl (C=O) groups excluding carboxylic acids is 1. The minimum absolute atomic E-state index is 0.169. The molecule has 0 N–H and O–H groups in total. The molecular formula is C27H19BrF2N4O2. The van der Waals surface area contributed by atoms with E-state index in [1.807, 2.05) is 24.3 Å². The van der Waals surface area contributed by atoms with Crippen molar-refractivity contribution in [2.45, 2.75) is 0 Å². The average molecular weight is 549 g/mol. The van der Waals surface area contributed by atoms with Gasteiger partial charge in [0.05, 0.1) is 7.11 Å². The number of rotatable bonds is 5. The molecule has 9 heteroatoms. The normalized spacial score (nSPS) is 10.3. The highest BCUT2D eigenvalue weighted by Crippen LogP contribution is 2.33. The molecule has 0 saturated carbocycles. The van der Waals surface area contributed by atoms with E-state index in [9.17, 15) is 13.6 Å². The van der Waals surface area contributed by atoms with E-state index in [4.69, 9.17) is 4.74 Å². The second-order valence-corrected chi connectivity index (χ2v) is 8.10. The molecule has 5 rings (SSSR count). The Morgan fingerprint density at radius 2 is 1.64 bits per heavy atom. The first-order valence-electron chi connectivity index (χ1n) is 10.7. The monoisotopic (exact) mass is 548 g/mol. The van der Waals surface area contributed by atoms with Gasteiger partial charge in [0, 0.05) is 35.4 Å². The van der Waals surface area contributed by atoms with Gasteiger partial charge in [-0.15, -0.1) is 0 Å². The SMILES string of the molecule is Brc1ncccn1.COc1c(F)cccc1-c1cccc(-n2cnc(C(=O)c3ccc(F)cc3)c2)c1. The van der Waals surface area contributed by atoms with E-state index in [-0.39, 0.29) is 17.2 Å². The third-order valence-electron chi connectivity index (χ3n) is 5.08. The summed E-state index contributed by atoms with van der Waals surface area (Å²) in [4.78, 5) is 24.3. The third-order valence-corrected chi connectivity index (χ3v) is 5.49. The Morgan fingerprint density at radius 3 is 2.31 bits per heavy atom. The first-order valence-corrected chi connectivity index (χ1v) is 11.5. The van der Waals surface area contributed by atoms with Crippen LogP contribution in [0.3, 0.4) is 0 Å². The molecule has 3 aromatic carbocycles. The number of hydrogen-bond acceptors (Lipinski definition) is 5. The Labute approximate surface area is 214 Å². The minimum Gasteiger partial charge on any atom is -0.493 e. The molecule has 0 aliphatic rings. The van der Waals surface area contributed by atoms with E-state index in [1.54, 1.807) is 41.4 Å². The summed E-state index contributed by atoms with van der Waals surface area (Å²) in [6.45, 7) is 0. The standard InChI is InChI=1S/C23H16F2N2O2.C4H3BrN2/c1-29-23-19(6-3-7-20(23)25)16-4-2-5-18(12-16)27-13-21(26-14-27)22(28)15-8-10-17(24)11-9-15;5-4-6-2-1-3-7-4/h2-14H,1H3;1-3H. The summed E-state index contributed by atoms with van der Waals surface area (Å²) in [7, 11) is 1.43. The van der Waals surface area contributed by atoms with Crippen LogP contribution in [-0.2, 0) is 0 Å². The van der Waals surface area contributed by atoms with Gasteiger partial charge in [0.1, 0.15) is 17.8 Å². The van der Waals surface area contributed by atoms with Crippen LogP contribution < -0.4 is 4.74 Å². The van der Waals surface area contributed by atoms with Gasteiger partial charge in [0.2, 0.25) is 5.78 Å². The first kappa shape index (κ1) is 24.9. The largest absolute Gasteiger partial charge is 0.493 e. The molecule has 0 aliphatic carbocycles. The molecule has 0 atom stereocenters. The molecule has 180 valence electrons. The fourth-order valence-corrected chi connectivity index (χ4v) is 3.63. The molecule has 0 saturated heterocycles. The summed E-state index contributed by atoms with van der Waals surface area (Å²) in [5.74, 6) is -0.976. The molecule has 5 aromatic rings. The molecule has 0 bridgehead atoms. The average Bonchev–Trinajstić information content (AvgIpc) is 3.40. The van der Waals surface area contributed by atoms with Crippen molar-refractivity contribution in [3.63, 3.8) is 0 Å². The van der Waals surface area contributed by atoms with Gasteiger partial charge >= 0.3 is 0 Å². The topological polar surface area (TPSA) is 69.9 Å². The molecule has 0 fully saturated rings. The van der Waals surface area contributed by atoms with E-state index in [1.165, 1.54) is 43.8 Å². The highest BCUT2D eigenvalue weighted by Gasteiger charge is 2.14. The third kappa shape index (κ3) is 5.87. The highest BCUT2D eigenvalue weighted by molar-refractivity contribution is 9.10. The van der Waals surface area contributed by atoms with Crippen molar-refractivity contribution in [3.05, 3.63) is 125 Å². The number of benzene rings is 3. The quantitative estimate of drug-likeness (QED) is 0.190. The lowest BCUT2D eigenvalue weighted by Crippen LogP contribution is -2.01. The Bertz CT molecular complexity index is 1480. The lowest BCUT2D eigenvalue weighted by molar-refractivity contribution is 0.103. The van der Waals surface area contributed by atoms with Gasteiger partial charge in [-0.1, -0.05) is 24.3 Å². The zero-order valence-electron chi connectivity index (χ0n) is 19.0. The Kier molecular flexibility index (Phi) is 7.92. The highest BCUT2D eigenvalue weighted by atomic mass is 79.9. The summed E-state index contributed by atoms with van der Waals surface area (Å²) < 4.78 is 34.6. The minimum atomic E-state index is -0.440. The second kappa shape index (κ2) is 11.5. The van der Waals surface area contributed by atoms with Crippen molar-refractivity contribution in [1.82, 2.24) is 19.5 Å². The van der Waals surface area contributed by atoms with Crippen LogP contribution in [0.1, 0.15) is 16.1 Å². The second-order valence-electron chi connectivity index (χ2n) is 7.39. The molecule has 0 spiro atoms. The predicted octanol–water partition coefficient (Wildman–Crippen LogP) is 6.30. The smallest absolute Gasteiger partial charge is 0.212 e. The summed E-state index contributed by atoms with van der Waals surface area (Å²) in [6.07, 6.45) is 6.49. The Hall–Kier alpha value is -4.24.